The molecule has 2 aromatic rings. The van der Waals surface area contributed by atoms with Crippen molar-refractivity contribution in [2.75, 3.05) is 6.61 Å². The van der Waals surface area contributed by atoms with Gasteiger partial charge < -0.3 is 14.2 Å². The largest absolute Gasteiger partial charge is 0.430 e. The van der Waals surface area contributed by atoms with Crippen molar-refractivity contribution in [1.82, 2.24) is 0 Å². The summed E-state index contributed by atoms with van der Waals surface area (Å²) in [5.74, 6) is 0.233. The first-order valence-electron chi connectivity index (χ1n) is 9.66. The molecule has 0 saturated carbocycles. The topological polar surface area (TPSA) is 27.7 Å². The van der Waals surface area contributed by atoms with Gasteiger partial charge in [0.15, 0.2) is 0 Å². The van der Waals surface area contributed by atoms with Crippen molar-refractivity contribution in [3.8, 4) is 11.5 Å². The van der Waals surface area contributed by atoms with Crippen LogP contribution >= 0.6 is 0 Å². The number of rotatable bonds is 6. The van der Waals surface area contributed by atoms with Gasteiger partial charge in [-0.3, -0.25) is 0 Å². The first-order chi connectivity index (χ1) is 12.4. The molecular formula is C24H34O3. The van der Waals surface area contributed by atoms with Crippen molar-refractivity contribution >= 4 is 0 Å². The standard InChI is InChI=1S/C24H34O3/c1-9-25-24(8,26-20-14-10-18(11-15-20)22(2,3)4)27-21-16-12-19(13-17-21)23(5,6)7/h10-17H,9H2,1-8H3. The summed E-state index contributed by atoms with van der Waals surface area (Å²) >= 11 is 0. The molecule has 0 aliphatic heterocycles. The Morgan fingerprint density at radius 3 is 1.19 bits per heavy atom. The summed E-state index contributed by atoms with van der Waals surface area (Å²) < 4.78 is 17.9. The second-order valence-electron chi connectivity index (χ2n) is 9.05. The molecule has 2 rings (SSSR count). The molecule has 0 radical (unpaired) electrons. The lowest BCUT2D eigenvalue weighted by molar-refractivity contribution is -0.287. The Bertz CT molecular complexity index is 657. The van der Waals surface area contributed by atoms with Gasteiger partial charge in [0.1, 0.15) is 11.5 Å². The zero-order valence-electron chi connectivity index (χ0n) is 18.1. The molecule has 27 heavy (non-hydrogen) atoms. The van der Waals surface area contributed by atoms with E-state index in [1.54, 1.807) is 6.92 Å². The predicted octanol–water partition coefficient (Wildman–Crippen LogP) is 6.45. The molecule has 0 N–H and O–H groups in total. The fourth-order valence-electron chi connectivity index (χ4n) is 2.82. The molecule has 0 saturated heterocycles. The van der Waals surface area contributed by atoms with E-state index in [9.17, 15) is 0 Å². The van der Waals surface area contributed by atoms with Crippen molar-refractivity contribution in [3.05, 3.63) is 59.7 Å². The third-order valence-electron chi connectivity index (χ3n) is 4.45. The lowest BCUT2D eigenvalue weighted by atomic mass is 9.87. The Balaban J connectivity index is 2.17. The highest BCUT2D eigenvalue weighted by atomic mass is 16.9. The molecular weight excluding hydrogens is 336 g/mol. The molecule has 0 bridgehead atoms. The molecule has 0 atom stereocenters. The molecule has 0 amide bonds. The first kappa shape index (κ1) is 21.3. The zero-order chi connectivity index (χ0) is 20.3. The minimum absolute atomic E-state index is 0.104. The van der Waals surface area contributed by atoms with Gasteiger partial charge in [0.2, 0.25) is 0 Å². The Hall–Kier alpha value is -2.00. The molecule has 148 valence electrons. The summed E-state index contributed by atoms with van der Waals surface area (Å²) in [6, 6.07) is 16.2. The molecule has 3 heteroatoms. The van der Waals surface area contributed by atoms with E-state index in [0.29, 0.717) is 18.1 Å². The molecule has 0 unspecified atom stereocenters. The van der Waals surface area contributed by atoms with Gasteiger partial charge in [-0.1, -0.05) is 65.8 Å². The summed E-state index contributed by atoms with van der Waals surface area (Å²) in [6.07, 6.45) is 0. The summed E-state index contributed by atoms with van der Waals surface area (Å²) in [5, 5.41) is 0. The van der Waals surface area contributed by atoms with Crippen molar-refractivity contribution in [2.24, 2.45) is 0 Å². The van der Waals surface area contributed by atoms with E-state index in [0.717, 1.165) is 0 Å². The van der Waals surface area contributed by atoms with Crippen LogP contribution in [-0.4, -0.2) is 12.6 Å². The fourth-order valence-corrected chi connectivity index (χ4v) is 2.82. The van der Waals surface area contributed by atoms with E-state index in [1.165, 1.54) is 11.1 Å². The van der Waals surface area contributed by atoms with Gasteiger partial charge in [0.25, 0.3) is 0 Å². The maximum absolute atomic E-state index is 6.07. The van der Waals surface area contributed by atoms with E-state index in [1.807, 2.05) is 31.2 Å². The van der Waals surface area contributed by atoms with Gasteiger partial charge in [-0.2, -0.15) is 0 Å². The van der Waals surface area contributed by atoms with Gasteiger partial charge in [-0.25, -0.2) is 0 Å². The van der Waals surface area contributed by atoms with Crippen LogP contribution in [0.2, 0.25) is 0 Å². The summed E-state index contributed by atoms with van der Waals surface area (Å²) in [5.41, 5.74) is 2.72. The molecule has 0 aliphatic rings. The van der Waals surface area contributed by atoms with Crippen LogP contribution in [0.4, 0.5) is 0 Å². The second-order valence-corrected chi connectivity index (χ2v) is 9.05. The minimum atomic E-state index is -1.19. The number of hydrogen-bond acceptors (Lipinski definition) is 3. The zero-order valence-corrected chi connectivity index (χ0v) is 18.1. The monoisotopic (exact) mass is 370 g/mol. The third-order valence-corrected chi connectivity index (χ3v) is 4.45. The van der Waals surface area contributed by atoms with Crippen LogP contribution in [0.5, 0.6) is 11.5 Å². The number of ether oxygens (including phenoxy) is 3. The summed E-state index contributed by atoms with van der Waals surface area (Å²) in [6.45, 7) is 17.4. The quantitative estimate of drug-likeness (QED) is 0.547. The van der Waals surface area contributed by atoms with Gasteiger partial charge in [0, 0.05) is 6.92 Å². The van der Waals surface area contributed by atoms with Crippen molar-refractivity contribution in [1.29, 1.82) is 0 Å². The molecule has 0 aliphatic carbocycles. The van der Waals surface area contributed by atoms with E-state index in [-0.39, 0.29) is 10.8 Å². The highest BCUT2D eigenvalue weighted by Gasteiger charge is 2.30. The third kappa shape index (κ3) is 6.00. The highest BCUT2D eigenvalue weighted by molar-refractivity contribution is 5.33. The molecule has 3 nitrogen and oxygen atoms in total. The smallest absolute Gasteiger partial charge is 0.368 e. The van der Waals surface area contributed by atoms with Crippen LogP contribution < -0.4 is 9.47 Å². The van der Waals surface area contributed by atoms with Gasteiger partial charge in [-0.05, 0) is 53.1 Å². The maximum Gasteiger partial charge on any atom is 0.368 e. The predicted molar refractivity (Wildman–Crippen MR) is 112 cm³/mol. The SMILES string of the molecule is CCOC(C)(Oc1ccc(C(C)(C)C)cc1)Oc1ccc(C(C)(C)C)cc1. The van der Waals surface area contributed by atoms with Crippen LogP contribution in [0.25, 0.3) is 0 Å². The number of benzene rings is 2. The fraction of sp³-hybridized carbons (Fsp3) is 0.500. The summed E-state index contributed by atoms with van der Waals surface area (Å²) in [4.78, 5) is 0. The van der Waals surface area contributed by atoms with E-state index in [4.69, 9.17) is 14.2 Å². The average Bonchev–Trinajstić information content (AvgIpc) is 2.54. The van der Waals surface area contributed by atoms with Gasteiger partial charge in [-0.15, -0.1) is 0 Å². The Morgan fingerprint density at radius 1 is 0.593 bits per heavy atom. The Kier molecular flexibility index (Phi) is 6.26. The molecule has 0 heterocycles. The number of hydrogen-bond donors (Lipinski definition) is 0. The van der Waals surface area contributed by atoms with Crippen molar-refractivity contribution in [3.63, 3.8) is 0 Å². The molecule has 0 spiro atoms. The van der Waals surface area contributed by atoms with Crippen LogP contribution in [0, 0.1) is 0 Å². The normalized spacial score (nSPS) is 12.7. The second kappa shape index (κ2) is 7.93. The first-order valence-corrected chi connectivity index (χ1v) is 9.66. The maximum atomic E-state index is 6.07. The lowest BCUT2D eigenvalue weighted by Crippen LogP contribution is -2.42. The van der Waals surface area contributed by atoms with Crippen molar-refractivity contribution in [2.45, 2.75) is 72.2 Å². The van der Waals surface area contributed by atoms with E-state index in [2.05, 4.69) is 65.8 Å². The molecule has 2 aromatic carbocycles. The van der Waals surface area contributed by atoms with E-state index >= 15 is 0 Å². The van der Waals surface area contributed by atoms with Crippen LogP contribution in [0.3, 0.4) is 0 Å². The van der Waals surface area contributed by atoms with Crippen LogP contribution in [-0.2, 0) is 15.6 Å². The van der Waals surface area contributed by atoms with E-state index < -0.39 is 5.97 Å². The summed E-state index contributed by atoms with van der Waals surface area (Å²) in [7, 11) is 0. The minimum Gasteiger partial charge on any atom is -0.430 e. The average molecular weight is 371 g/mol. The molecule has 0 fully saturated rings. The van der Waals surface area contributed by atoms with Crippen LogP contribution in [0.1, 0.15) is 66.5 Å². The van der Waals surface area contributed by atoms with Crippen LogP contribution in [0.15, 0.2) is 48.5 Å². The molecule has 0 aromatic heterocycles. The highest BCUT2D eigenvalue weighted by Crippen LogP contribution is 2.29. The Morgan fingerprint density at radius 2 is 0.926 bits per heavy atom. The van der Waals surface area contributed by atoms with Crippen molar-refractivity contribution < 1.29 is 14.2 Å². The lowest BCUT2D eigenvalue weighted by Gasteiger charge is -2.30. The van der Waals surface area contributed by atoms with Gasteiger partial charge >= 0.3 is 5.97 Å². The van der Waals surface area contributed by atoms with Gasteiger partial charge in [0.05, 0.1) is 6.61 Å². The Labute approximate surface area is 164 Å².